The van der Waals surface area contributed by atoms with E-state index in [4.69, 9.17) is 9.47 Å². The van der Waals surface area contributed by atoms with Crippen LogP contribution in [0.25, 0.3) is 0 Å². The van der Waals surface area contributed by atoms with Crippen molar-refractivity contribution in [3.05, 3.63) is 70.1 Å². The molecule has 200 valence electrons. The van der Waals surface area contributed by atoms with E-state index < -0.39 is 35.2 Å². The van der Waals surface area contributed by atoms with E-state index in [2.05, 4.69) is 21.5 Å². The molecule has 1 aromatic heterocycles. The molecule has 2 aliphatic heterocycles. The molecule has 0 bridgehead atoms. The fourth-order valence-electron chi connectivity index (χ4n) is 5.68. The summed E-state index contributed by atoms with van der Waals surface area (Å²) in [6, 6.07) is 8.37. The summed E-state index contributed by atoms with van der Waals surface area (Å²) in [7, 11) is 0. The van der Waals surface area contributed by atoms with Crippen LogP contribution in [0.15, 0.2) is 47.3 Å². The Kier molecular flexibility index (Phi) is 5.55. The Bertz CT molecular complexity index is 1450. The molecule has 0 N–H and O–H groups in total. The largest absolute Gasteiger partial charge is 0.573 e. The lowest BCUT2D eigenvalue weighted by molar-refractivity contribution is -0.274. The summed E-state index contributed by atoms with van der Waals surface area (Å²) in [5, 5.41) is 0. The highest BCUT2D eigenvalue weighted by atomic mass is 19.4. The van der Waals surface area contributed by atoms with Crippen LogP contribution in [0.4, 0.5) is 27.8 Å². The number of nitrogens with zero attached hydrogens (tertiary/aromatic N) is 3. The summed E-state index contributed by atoms with van der Waals surface area (Å²) in [6.07, 6.45) is -1.88. The smallest absolute Gasteiger partial charge is 0.473 e. The molecule has 1 aliphatic carbocycles. The second-order valence-corrected chi connectivity index (χ2v) is 9.84. The third-order valence-electron chi connectivity index (χ3n) is 7.40. The summed E-state index contributed by atoms with van der Waals surface area (Å²) in [5.41, 5.74) is -0.412. The Hall–Kier alpha value is -3.83. The molecular formula is C26H22F5N3O4. The maximum absolute atomic E-state index is 14.7. The van der Waals surface area contributed by atoms with Gasteiger partial charge in [0.25, 0.3) is 0 Å². The van der Waals surface area contributed by atoms with E-state index in [1.807, 2.05) is 0 Å². The van der Waals surface area contributed by atoms with E-state index in [-0.39, 0.29) is 29.3 Å². The molecular weight excluding hydrogens is 513 g/mol. The van der Waals surface area contributed by atoms with E-state index in [0.717, 1.165) is 49.3 Å². The van der Waals surface area contributed by atoms with Crippen LogP contribution in [-0.2, 0) is 13.2 Å². The van der Waals surface area contributed by atoms with Crippen molar-refractivity contribution in [3.63, 3.8) is 0 Å². The number of piperidine rings is 1. The summed E-state index contributed by atoms with van der Waals surface area (Å²) in [5.74, 6) is -2.36. The van der Waals surface area contributed by atoms with Crippen LogP contribution >= 0.6 is 0 Å². The van der Waals surface area contributed by atoms with E-state index >= 15 is 0 Å². The first-order valence-corrected chi connectivity index (χ1v) is 12.1. The first kappa shape index (κ1) is 24.5. The Morgan fingerprint density at radius 1 is 1.11 bits per heavy atom. The summed E-state index contributed by atoms with van der Waals surface area (Å²) in [6.45, 7) is 2.42. The fraction of sp³-hybridized carbons (Fsp3) is 0.385. The Balaban J connectivity index is 1.18. The number of anilines is 1. The van der Waals surface area contributed by atoms with Crippen molar-refractivity contribution in [2.24, 2.45) is 5.92 Å². The average molecular weight is 535 g/mol. The molecule has 0 amide bonds. The van der Waals surface area contributed by atoms with Gasteiger partial charge in [-0.1, -0.05) is 13.0 Å². The number of fused-ring (bicyclic) bond motifs is 5. The van der Waals surface area contributed by atoms with Crippen molar-refractivity contribution >= 4 is 5.82 Å². The molecule has 6 rings (SSSR count). The molecule has 0 spiro atoms. The molecule has 3 aromatic rings. The third kappa shape index (κ3) is 4.31. The normalized spacial score (nSPS) is 23.1. The van der Waals surface area contributed by atoms with Crippen LogP contribution in [0.2, 0.25) is 0 Å². The van der Waals surface area contributed by atoms with Gasteiger partial charge in [0.15, 0.2) is 17.4 Å². The topological polar surface area (TPSA) is 65.8 Å². The number of hydrogen-bond donors (Lipinski definition) is 0. The molecule has 7 nitrogen and oxygen atoms in total. The summed E-state index contributed by atoms with van der Waals surface area (Å²) < 4.78 is 83.0. The number of halogens is 5. The van der Waals surface area contributed by atoms with Crippen molar-refractivity contribution in [1.82, 2.24) is 9.55 Å². The standard InChI is InChI=1S/C26H22F5N3O4/c1-2-25-11-15-8-20(15)34(25)22-10-21(32-24(35)33(22)13-25)36-12-14-6-18(27)23(19(28)7-14)37-16-4-3-5-17(9-16)38-26(29,30)31/h3-7,9-10,15,20H,2,8,11-13H2,1H3. The van der Waals surface area contributed by atoms with Crippen molar-refractivity contribution < 1.29 is 36.2 Å². The molecule has 0 radical (unpaired) electrons. The van der Waals surface area contributed by atoms with Crippen LogP contribution in [0.5, 0.6) is 23.1 Å². The van der Waals surface area contributed by atoms with Gasteiger partial charge in [0.1, 0.15) is 23.9 Å². The molecule has 12 heteroatoms. The molecule has 2 fully saturated rings. The molecule has 1 saturated heterocycles. The zero-order valence-corrected chi connectivity index (χ0v) is 20.1. The number of hydrogen-bond acceptors (Lipinski definition) is 6. The maximum Gasteiger partial charge on any atom is 0.573 e. The molecule has 1 saturated carbocycles. The van der Waals surface area contributed by atoms with Crippen LogP contribution in [0, 0.1) is 17.6 Å². The van der Waals surface area contributed by atoms with Gasteiger partial charge in [0.2, 0.25) is 5.88 Å². The second-order valence-electron chi connectivity index (χ2n) is 9.84. The SMILES string of the molecule is CCC12CC3CC3N1c1cc(OCc3cc(F)c(Oc4cccc(OC(F)(F)F)c4)c(F)c3)nc(=O)n1C2. The second kappa shape index (κ2) is 8.60. The quantitative estimate of drug-likeness (QED) is 0.370. The minimum absolute atomic E-state index is 0.0554. The highest BCUT2D eigenvalue weighted by Gasteiger charge is 2.62. The molecule has 3 atom stereocenters. The highest BCUT2D eigenvalue weighted by molar-refractivity contribution is 5.55. The van der Waals surface area contributed by atoms with Crippen molar-refractivity contribution in [2.75, 3.05) is 4.90 Å². The number of aromatic nitrogens is 2. The van der Waals surface area contributed by atoms with E-state index in [9.17, 15) is 26.7 Å². The maximum atomic E-state index is 14.7. The Morgan fingerprint density at radius 2 is 1.84 bits per heavy atom. The minimum atomic E-state index is -4.93. The van der Waals surface area contributed by atoms with Crippen LogP contribution in [-0.4, -0.2) is 27.5 Å². The van der Waals surface area contributed by atoms with Gasteiger partial charge in [0.05, 0.1) is 12.1 Å². The monoisotopic (exact) mass is 535 g/mol. The minimum Gasteiger partial charge on any atom is -0.473 e. The van der Waals surface area contributed by atoms with Gasteiger partial charge in [-0.3, -0.25) is 4.57 Å². The van der Waals surface area contributed by atoms with Gasteiger partial charge >= 0.3 is 12.1 Å². The average Bonchev–Trinajstić information content (AvgIpc) is 3.38. The third-order valence-corrected chi connectivity index (χ3v) is 7.40. The predicted octanol–water partition coefficient (Wildman–Crippen LogP) is 5.55. The molecule has 3 unspecified atom stereocenters. The Morgan fingerprint density at radius 3 is 2.55 bits per heavy atom. The summed E-state index contributed by atoms with van der Waals surface area (Å²) in [4.78, 5) is 19.0. The number of ether oxygens (including phenoxy) is 3. The zero-order valence-electron chi connectivity index (χ0n) is 20.1. The van der Waals surface area contributed by atoms with E-state index in [1.54, 1.807) is 10.6 Å². The van der Waals surface area contributed by atoms with Gasteiger partial charge in [-0.2, -0.15) is 4.98 Å². The van der Waals surface area contributed by atoms with Gasteiger partial charge in [-0.05, 0) is 55.0 Å². The number of rotatable bonds is 7. The molecule has 3 aliphatic rings. The lowest BCUT2D eigenvalue weighted by Crippen LogP contribution is -2.43. The zero-order chi connectivity index (χ0) is 26.8. The number of benzene rings is 2. The molecule has 2 aromatic carbocycles. The number of alkyl halides is 3. The van der Waals surface area contributed by atoms with Gasteiger partial charge in [-0.15, -0.1) is 13.2 Å². The van der Waals surface area contributed by atoms with Crippen LogP contribution in [0.3, 0.4) is 0 Å². The van der Waals surface area contributed by atoms with Crippen molar-refractivity contribution in [3.8, 4) is 23.1 Å². The van der Waals surface area contributed by atoms with Crippen LogP contribution < -0.4 is 24.8 Å². The van der Waals surface area contributed by atoms with E-state index in [1.165, 1.54) is 12.1 Å². The fourth-order valence-corrected chi connectivity index (χ4v) is 5.68. The molecule has 3 heterocycles. The highest BCUT2D eigenvalue weighted by Crippen LogP contribution is 2.58. The van der Waals surface area contributed by atoms with Crippen molar-refractivity contribution in [2.45, 2.75) is 57.3 Å². The van der Waals surface area contributed by atoms with Gasteiger partial charge < -0.3 is 19.1 Å². The Labute approximate surface area is 213 Å². The van der Waals surface area contributed by atoms with E-state index in [0.29, 0.717) is 18.5 Å². The first-order chi connectivity index (χ1) is 18.0. The predicted molar refractivity (Wildman–Crippen MR) is 124 cm³/mol. The summed E-state index contributed by atoms with van der Waals surface area (Å²) >= 11 is 0. The van der Waals surface area contributed by atoms with Crippen LogP contribution in [0.1, 0.15) is 31.7 Å². The molecule has 38 heavy (non-hydrogen) atoms. The van der Waals surface area contributed by atoms with Crippen molar-refractivity contribution in [1.29, 1.82) is 0 Å². The van der Waals surface area contributed by atoms with Gasteiger partial charge in [-0.25, -0.2) is 13.6 Å². The lowest BCUT2D eigenvalue weighted by atomic mass is 9.91. The van der Waals surface area contributed by atoms with Gasteiger partial charge in [0, 0.05) is 18.2 Å². The first-order valence-electron chi connectivity index (χ1n) is 12.1. The lowest BCUT2D eigenvalue weighted by Gasteiger charge is -2.34.